The fourth-order valence-electron chi connectivity index (χ4n) is 2.59. The highest BCUT2D eigenvalue weighted by Gasteiger charge is 2.33. The van der Waals surface area contributed by atoms with Gasteiger partial charge in [0, 0.05) is 6.04 Å². The Bertz CT molecular complexity index is 238. The molecular weight excluding hydrogens is 190 g/mol. The van der Waals surface area contributed by atoms with Gasteiger partial charge in [0.15, 0.2) is 0 Å². The molecule has 0 aromatic rings. The normalized spacial score (nSPS) is 32.3. The van der Waals surface area contributed by atoms with Gasteiger partial charge in [-0.1, -0.05) is 20.8 Å². The van der Waals surface area contributed by atoms with Crippen molar-refractivity contribution in [3.63, 3.8) is 0 Å². The van der Waals surface area contributed by atoms with E-state index in [0.29, 0.717) is 17.4 Å². The summed E-state index contributed by atoms with van der Waals surface area (Å²) in [5.74, 6) is -0.192. The summed E-state index contributed by atoms with van der Waals surface area (Å²) in [6, 6.07) is -0.0669. The van der Waals surface area contributed by atoms with Crippen LogP contribution in [0.3, 0.4) is 0 Å². The lowest BCUT2D eigenvalue weighted by atomic mass is 9.70. The number of hydrogen-bond donors (Lipinski definition) is 2. The molecule has 0 aromatic carbocycles. The molecule has 1 fully saturated rings. The van der Waals surface area contributed by atoms with Crippen molar-refractivity contribution in [3.05, 3.63) is 0 Å². The number of carboxylic acids is 1. The second kappa shape index (κ2) is 4.52. The summed E-state index contributed by atoms with van der Waals surface area (Å²) < 4.78 is 0. The molecule has 3 atom stereocenters. The van der Waals surface area contributed by atoms with E-state index in [0.717, 1.165) is 6.42 Å². The molecule has 0 radical (unpaired) electrons. The Hall–Kier alpha value is -0.570. The number of rotatable bonds is 3. The zero-order chi connectivity index (χ0) is 11.6. The van der Waals surface area contributed by atoms with E-state index in [1.165, 1.54) is 12.8 Å². The van der Waals surface area contributed by atoms with E-state index in [2.05, 4.69) is 26.1 Å². The molecule has 3 nitrogen and oxygen atoms in total. The lowest BCUT2D eigenvalue weighted by Crippen LogP contribution is -2.47. The fourth-order valence-corrected chi connectivity index (χ4v) is 2.59. The molecule has 1 saturated carbocycles. The number of nitrogens with one attached hydrogen (secondary N) is 1. The number of carboxylic acid groups (broad SMARTS) is 1. The van der Waals surface area contributed by atoms with Gasteiger partial charge in [-0.15, -0.1) is 0 Å². The van der Waals surface area contributed by atoms with Crippen molar-refractivity contribution in [1.29, 1.82) is 0 Å². The van der Waals surface area contributed by atoms with Crippen molar-refractivity contribution in [3.8, 4) is 0 Å². The minimum Gasteiger partial charge on any atom is -0.480 e. The van der Waals surface area contributed by atoms with Crippen LogP contribution in [0.1, 0.15) is 47.0 Å². The molecule has 0 amide bonds. The molecule has 88 valence electrons. The average molecular weight is 213 g/mol. The zero-order valence-corrected chi connectivity index (χ0v) is 10.2. The largest absolute Gasteiger partial charge is 0.480 e. The Kier molecular flexibility index (Phi) is 3.77. The maximum Gasteiger partial charge on any atom is 0.320 e. The standard InChI is InChI=1S/C12H23NO2/c1-8-7-12(3,4)6-5-10(8)13-9(2)11(14)15/h8-10,13H,5-7H2,1-4H3,(H,14,15). The summed E-state index contributed by atoms with van der Waals surface area (Å²) >= 11 is 0. The van der Waals surface area contributed by atoms with Crippen molar-refractivity contribution in [2.24, 2.45) is 11.3 Å². The van der Waals surface area contributed by atoms with Gasteiger partial charge in [-0.3, -0.25) is 4.79 Å². The van der Waals surface area contributed by atoms with Crippen LogP contribution in [-0.4, -0.2) is 23.2 Å². The first-order valence-electron chi connectivity index (χ1n) is 5.81. The lowest BCUT2D eigenvalue weighted by Gasteiger charge is -2.40. The van der Waals surface area contributed by atoms with E-state index in [-0.39, 0.29) is 0 Å². The predicted octanol–water partition coefficient (Wildman–Crippen LogP) is 2.26. The second-order valence-electron chi connectivity index (χ2n) is 5.72. The Morgan fingerprint density at radius 2 is 2.13 bits per heavy atom. The van der Waals surface area contributed by atoms with E-state index in [9.17, 15) is 4.79 Å². The first-order chi connectivity index (χ1) is 6.82. The molecule has 1 aliphatic rings. The van der Waals surface area contributed by atoms with Crippen LogP contribution in [-0.2, 0) is 4.79 Å². The Balaban J connectivity index is 2.48. The van der Waals surface area contributed by atoms with Gasteiger partial charge in [0.05, 0.1) is 0 Å². The van der Waals surface area contributed by atoms with Crippen LogP contribution in [0.25, 0.3) is 0 Å². The molecule has 1 rings (SSSR count). The third kappa shape index (κ3) is 3.49. The monoisotopic (exact) mass is 213 g/mol. The van der Waals surface area contributed by atoms with Crippen LogP contribution in [0.2, 0.25) is 0 Å². The minimum atomic E-state index is -0.757. The van der Waals surface area contributed by atoms with E-state index in [1.807, 2.05) is 0 Å². The molecule has 0 heterocycles. The molecule has 0 spiro atoms. The van der Waals surface area contributed by atoms with Gasteiger partial charge in [-0.2, -0.15) is 0 Å². The molecule has 2 N–H and O–H groups in total. The third-order valence-corrected chi connectivity index (χ3v) is 3.53. The minimum absolute atomic E-state index is 0.365. The summed E-state index contributed by atoms with van der Waals surface area (Å²) in [7, 11) is 0. The maximum atomic E-state index is 10.7. The van der Waals surface area contributed by atoms with Crippen LogP contribution < -0.4 is 5.32 Å². The Morgan fingerprint density at radius 3 is 2.60 bits per heavy atom. The van der Waals surface area contributed by atoms with Gasteiger partial charge in [0.2, 0.25) is 0 Å². The van der Waals surface area contributed by atoms with Gasteiger partial charge in [0.1, 0.15) is 6.04 Å². The average Bonchev–Trinajstić information content (AvgIpc) is 2.08. The van der Waals surface area contributed by atoms with Crippen LogP contribution in [0.15, 0.2) is 0 Å². The summed E-state index contributed by atoms with van der Waals surface area (Å²) in [6.45, 7) is 8.52. The molecule has 3 heteroatoms. The predicted molar refractivity (Wildman–Crippen MR) is 60.8 cm³/mol. The Labute approximate surface area is 92.3 Å². The molecule has 0 bridgehead atoms. The molecule has 0 saturated heterocycles. The molecule has 3 unspecified atom stereocenters. The quantitative estimate of drug-likeness (QED) is 0.756. The lowest BCUT2D eigenvalue weighted by molar-refractivity contribution is -0.139. The summed E-state index contributed by atoms with van der Waals surface area (Å²) in [4.78, 5) is 10.7. The highest BCUT2D eigenvalue weighted by Crippen LogP contribution is 2.38. The summed E-state index contributed by atoms with van der Waals surface area (Å²) in [5.41, 5.74) is 0.421. The SMILES string of the molecule is CC(NC1CCC(C)(C)CC1C)C(=O)O. The van der Waals surface area contributed by atoms with Gasteiger partial charge in [-0.05, 0) is 37.5 Å². The van der Waals surface area contributed by atoms with Gasteiger partial charge in [0.25, 0.3) is 0 Å². The van der Waals surface area contributed by atoms with Gasteiger partial charge < -0.3 is 10.4 Å². The topological polar surface area (TPSA) is 49.3 Å². The van der Waals surface area contributed by atoms with Crippen LogP contribution in [0.4, 0.5) is 0 Å². The van der Waals surface area contributed by atoms with Crippen LogP contribution >= 0.6 is 0 Å². The number of hydrogen-bond acceptors (Lipinski definition) is 2. The second-order valence-corrected chi connectivity index (χ2v) is 5.72. The van der Waals surface area contributed by atoms with Crippen molar-refractivity contribution in [2.45, 2.75) is 59.0 Å². The summed E-state index contributed by atoms with van der Waals surface area (Å²) in [6.07, 6.45) is 3.45. The van der Waals surface area contributed by atoms with Crippen molar-refractivity contribution >= 4 is 5.97 Å². The Morgan fingerprint density at radius 1 is 1.53 bits per heavy atom. The third-order valence-electron chi connectivity index (χ3n) is 3.53. The van der Waals surface area contributed by atoms with E-state index in [4.69, 9.17) is 5.11 Å². The fraction of sp³-hybridized carbons (Fsp3) is 0.917. The van der Waals surface area contributed by atoms with Gasteiger partial charge in [-0.25, -0.2) is 0 Å². The van der Waals surface area contributed by atoms with E-state index < -0.39 is 12.0 Å². The molecule has 1 aliphatic carbocycles. The van der Waals surface area contributed by atoms with Crippen LogP contribution in [0, 0.1) is 11.3 Å². The highest BCUT2D eigenvalue weighted by atomic mass is 16.4. The maximum absolute atomic E-state index is 10.7. The van der Waals surface area contributed by atoms with Gasteiger partial charge >= 0.3 is 5.97 Å². The van der Waals surface area contributed by atoms with Crippen LogP contribution in [0.5, 0.6) is 0 Å². The smallest absolute Gasteiger partial charge is 0.320 e. The molecular formula is C12H23NO2. The van der Waals surface area contributed by atoms with E-state index >= 15 is 0 Å². The summed E-state index contributed by atoms with van der Waals surface area (Å²) in [5, 5.41) is 12.0. The molecule has 0 aromatic heterocycles. The van der Waals surface area contributed by atoms with Crippen molar-refractivity contribution < 1.29 is 9.90 Å². The number of carbonyl (C=O) groups is 1. The molecule has 15 heavy (non-hydrogen) atoms. The zero-order valence-electron chi connectivity index (χ0n) is 10.2. The first-order valence-corrected chi connectivity index (χ1v) is 5.81. The molecule has 0 aliphatic heterocycles. The van der Waals surface area contributed by atoms with Crippen molar-refractivity contribution in [2.75, 3.05) is 0 Å². The van der Waals surface area contributed by atoms with E-state index in [1.54, 1.807) is 6.92 Å². The highest BCUT2D eigenvalue weighted by molar-refractivity contribution is 5.72. The first kappa shape index (κ1) is 12.5. The van der Waals surface area contributed by atoms with Crippen molar-refractivity contribution in [1.82, 2.24) is 5.32 Å². The number of aliphatic carboxylic acids is 1.